The molecule has 4 nitrogen and oxygen atoms in total. The molecule has 2 heterocycles. The number of carbonyl (C=O) groups is 2. The van der Waals surface area contributed by atoms with E-state index in [4.69, 9.17) is 0 Å². The Kier molecular flexibility index (Phi) is 2.43. The van der Waals surface area contributed by atoms with Crippen LogP contribution in [0.3, 0.4) is 0 Å². The van der Waals surface area contributed by atoms with E-state index in [1.165, 1.54) is 9.80 Å². The minimum absolute atomic E-state index is 0.173. The van der Waals surface area contributed by atoms with Crippen LogP contribution in [0.2, 0.25) is 0 Å². The molecule has 1 saturated heterocycles. The van der Waals surface area contributed by atoms with Crippen molar-refractivity contribution in [2.75, 3.05) is 11.9 Å². The second-order valence-corrected chi connectivity index (χ2v) is 6.41. The van der Waals surface area contributed by atoms with Gasteiger partial charge >= 0.3 is 0 Å². The molecule has 1 atom stereocenters. The zero-order valence-electron chi connectivity index (χ0n) is 11.7. The highest BCUT2D eigenvalue weighted by atomic mass is 32.1. The number of rotatable bonds is 0. The minimum Gasteiger partial charge on any atom is -0.308 e. The number of para-hydroxylation sites is 1. The fraction of sp³-hybridized carbons (Fsp3) is 0.333. The van der Waals surface area contributed by atoms with Crippen molar-refractivity contribution >= 4 is 30.1 Å². The zero-order chi connectivity index (χ0) is 14.9. The monoisotopic (exact) mass is 288 g/mol. The van der Waals surface area contributed by atoms with Crippen LogP contribution in [0.15, 0.2) is 36.5 Å². The van der Waals surface area contributed by atoms with Crippen molar-refractivity contribution in [1.29, 1.82) is 0 Å². The van der Waals surface area contributed by atoms with Crippen molar-refractivity contribution in [1.82, 2.24) is 4.90 Å². The molecule has 1 aromatic carbocycles. The zero-order valence-corrected chi connectivity index (χ0v) is 12.6. The number of anilines is 1. The first-order chi connectivity index (χ1) is 9.24. The summed E-state index contributed by atoms with van der Waals surface area (Å²) < 4.78 is 0. The molecular formula is C15H16N2O2S. The van der Waals surface area contributed by atoms with E-state index in [-0.39, 0.29) is 17.5 Å². The van der Waals surface area contributed by atoms with E-state index in [9.17, 15) is 9.59 Å². The van der Waals surface area contributed by atoms with Crippen molar-refractivity contribution < 1.29 is 9.59 Å². The summed E-state index contributed by atoms with van der Waals surface area (Å²) in [5.74, 6) is -0.508. The Morgan fingerprint density at radius 1 is 1.20 bits per heavy atom. The van der Waals surface area contributed by atoms with Gasteiger partial charge in [-0.05, 0) is 11.6 Å². The minimum atomic E-state index is -1.22. The summed E-state index contributed by atoms with van der Waals surface area (Å²) in [5.41, 5.74) is 1.26. The Morgan fingerprint density at radius 3 is 2.45 bits per heavy atom. The van der Waals surface area contributed by atoms with E-state index in [1.54, 1.807) is 7.05 Å². The number of thiol groups is 1. The number of amides is 2. The molecule has 2 amide bonds. The number of fused-ring (bicyclic) bond motifs is 3. The lowest BCUT2D eigenvalue weighted by Crippen LogP contribution is -2.67. The smallest absolute Gasteiger partial charge is 0.276 e. The van der Waals surface area contributed by atoms with Gasteiger partial charge in [-0.2, -0.15) is 0 Å². The third-order valence-electron chi connectivity index (χ3n) is 4.47. The average molecular weight is 288 g/mol. The van der Waals surface area contributed by atoms with Crippen LogP contribution in [0.1, 0.15) is 19.4 Å². The summed E-state index contributed by atoms with van der Waals surface area (Å²) in [6.45, 7) is 7.59. The summed E-state index contributed by atoms with van der Waals surface area (Å²) in [4.78, 5) is 26.9. The molecule has 5 heteroatoms. The van der Waals surface area contributed by atoms with Gasteiger partial charge in [0.15, 0.2) is 4.87 Å². The van der Waals surface area contributed by atoms with Gasteiger partial charge in [-0.25, -0.2) is 0 Å². The Balaban J connectivity index is 2.35. The van der Waals surface area contributed by atoms with Crippen molar-refractivity contribution in [2.24, 2.45) is 0 Å². The normalized spacial score (nSPS) is 27.7. The molecule has 0 radical (unpaired) electrons. The van der Waals surface area contributed by atoms with Crippen molar-refractivity contribution in [2.45, 2.75) is 24.1 Å². The summed E-state index contributed by atoms with van der Waals surface area (Å²) in [7, 11) is 1.57. The molecule has 0 aromatic heterocycles. The van der Waals surface area contributed by atoms with E-state index in [1.807, 2.05) is 38.1 Å². The number of carbonyl (C=O) groups excluding carboxylic acids is 2. The second kappa shape index (κ2) is 3.67. The third-order valence-corrected chi connectivity index (χ3v) is 5.42. The lowest BCUT2D eigenvalue weighted by Gasteiger charge is -2.47. The maximum atomic E-state index is 12.8. The van der Waals surface area contributed by atoms with E-state index in [2.05, 4.69) is 19.2 Å². The number of nitrogens with zero attached hydrogens (tertiary/aromatic N) is 2. The maximum absolute atomic E-state index is 12.8. The van der Waals surface area contributed by atoms with Gasteiger partial charge in [-0.3, -0.25) is 14.5 Å². The van der Waals surface area contributed by atoms with Crippen LogP contribution in [-0.4, -0.2) is 28.6 Å². The molecule has 104 valence electrons. The van der Waals surface area contributed by atoms with E-state index < -0.39 is 10.3 Å². The number of hydrogen-bond donors (Lipinski definition) is 1. The molecule has 1 aromatic rings. The fourth-order valence-electron chi connectivity index (χ4n) is 3.09. The molecule has 1 fully saturated rings. The molecule has 2 aliphatic heterocycles. The van der Waals surface area contributed by atoms with Gasteiger partial charge in [0, 0.05) is 18.2 Å². The third kappa shape index (κ3) is 1.19. The standard InChI is InChI=1S/C15H16N2O2S/c1-9-12(18)17-11-8-6-5-7-10(11)14(2,3)15(17,20)13(19)16(9)4/h5-8,20H,1H2,2-4H3. The molecule has 3 rings (SSSR count). The van der Waals surface area contributed by atoms with E-state index in [0.717, 1.165) is 11.3 Å². The Hall–Kier alpha value is -1.75. The molecule has 2 aliphatic rings. The predicted molar refractivity (Wildman–Crippen MR) is 80.6 cm³/mol. The van der Waals surface area contributed by atoms with Crippen LogP contribution in [0.5, 0.6) is 0 Å². The Morgan fingerprint density at radius 2 is 1.80 bits per heavy atom. The number of hydrogen-bond acceptors (Lipinski definition) is 3. The maximum Gasteiger partial charge on any atom is 0.276 e. The quantitative estimate of drug-likeness (QED) is 0.585. The van der Waals surface area contributed by atoms with Crippen LogP contribution in [-0.2, 0) is 15.0 Å². The van der Waals surface area contributed by atoms with E-state index in [0.29, 0.717) is 0 Å². The number of benzene rings is 1. The largest absolute Gasteiger partial charge is 0.308 e. The van der Waals surface area contributed by atoms with Gasteiger partial charge in [0.2, 0.25) is 0 Å². The van der Waals surface area contributed by atoms with Crippen molar-refractivity contribution in [3.05, 3.63) is 42.1 Å². The first-order valence-electron chi connectivity index (χ1n) is 6.38. The van der Waals surface area contributed by atoms with Gasteiger partial charge in [0.05, 0.1) is 0 Å². The fourth-order valence-corrected chi connectivity index (χ4v) is 3.56. The highest BCUT2D eigenvalue weighted by Gasteiger charge is 2.65. The van der Waals surface area contributed by atoms with Gasteiger partial charge in [-0.1, -0.05) is 38.6 Å². The highest BCUT2D eigenvalue weighted by Crippen LogP contribution is 2.56. The first kappa shape index (κ1) is 13.2. The molecule has 1 unspecified atom stereocenters. The molecule has 0 saturated carbocycles. The van der Waals surface area contributed by atoms with Gasteiger partial charge in [0.1, 0.15) is 5.70 Å². The lowest BCUT2D eigenvalue weighted by molar-refractivity contribution is -0.139. The second-order valence-electron chi connectivity index (χ2n) is 5.77. The van der Waals surface area contributed by atoms with Crippen LogP contribution in [0.4, 0.5) is 5.69 Å². The Bertz CT molecular complexity index is 668. The molecule has 0 aliphatic carbocycles. The highest BCUT2D eigenvalue weighted by molar-refractivity contribution is 7.83. The van der Waals surface area contributed by atoms with Crippen molar-refractivity contribution in [3.63, 3.8) is 0 Å². The van der Waals surface area contributed by atoms with Crippen LogP contribution < -0.4 is 4.90 Å². The van der Waals surface area contributed by atoms with Gasteiger partial charge in [-0.15, -0.1) is 12.6 Å². The van der Waals surface area contributed by atoms with Crippen LogP contribution in [0, 0.1) is 0 Å². The first-order valence-corrected chi connectivity index (χ1v) is 6.83. The summed E-state index contributed by atoms with van der Waals surface area (Å²) >= 11 is 4.66. The number of piperazine rings is 1. The Labute approximate surface area is 123 Å². The van der Waals surface area contributed by atoms with Gasteiger partial charge < -0.3 is 4.90 Å². The average Bonchev–Trinajstić information content (AvgIpc) is 2.61. The molecular weight excluding hydrogens is 272 g/mol. The summed E-state index contributed by atoms with van der Waals surface area (Å²) in [6, 6.07) is 7.55. The van der Waals surface area contributed by atoms with Crippen LogP contribution >= 0.6 is 12.6 Å². The van der Waals surface area contributed by atoms with Crippen molar-refractivity contribution in [3.8, 4) is 0 Å². The van der Waals surface area contributed by atoms with E-state index >= 15 is 0 Å². The van der Waals surface area contributed by atoms with Gasteiger partial charge in [0.25, 0.3) is 11.8 Å². The number of likely N-dealkylation sites (N-methyl/N-ethyl adjacent to an activating group) is 1. The SMILES string of the molecule is C=C1C(=O)N2c3ccccc3C(C)(C)C2(S)C(=O)N1C. The molecule has 0 spiro atoms. The molecule has 20 heavy (non-hydrogen) atoms. The summed E-state index contributed by atoms with van der Waals surface area (Å²) in [5, 5.41) is 0. The predicted octanol–water partition coefficient (Wildman–Crippen LogP) is 1.92. The topological polar surface area (TPSA) is 40.6 Å². The molecule has 0 N–H and O–H groups in total. The van der Waals surface area contributed by atoms with Crippen LogP contribution in [0.25, 0.3) is 0 Å². The molecule has 0 bridgehead atoms. The summed E-state index contributed by atoms with van der Waals surface area (Å²) in [6.07, 6.45) is 0. The lowest BCUT2D eigenvalue weighted by atomic mass is 9.78.